The van der Waals surface area contributed by atoms with Gasteiger partial charge in [0.15, 0.2) is 5.82 Å². The maximum Gasteiger partial charge on any atom is 0.433 e. The number of aromatic nitrogens is 4. The molecule has 10 nitrogen and oxygen atoms in total. The first-order valence-electron chi connectivity index (χ1n) is 12.8. The van der Waals surface area contributed by atoms with Crippen molar-refractivity contribution in [1.29, 1.82) is 0 Å². The molecule has 1 aliphatic heterocycles. The Balaban J connectivity index is 1.33. The largest absolute Gasteiger partial charge is 0.444 e. The van der Waals surface area contributed by atoms with Crippen LogP contribution in [0.2, 0.25) is 0 Å². The molecule has 1 N–H and O–H groups in total. The molecule has 2 aromatic heterocycles. The zero-order valence-corrected chi connectivity index (χ0v) is 22.1. The molecule has 0 bridgehead atoms. The summed E-state index contributed by atoms with van der Waals surface area (Å²) in [5, 5.41) is 2.86. The van der Waals surface area contributed by atoms with Crippen LogP contribution < -0.4 is 5.32 Å². The van der Waals surface area contributed by atoms with Gasteiger partial charge in [0, 0.05) is 51.4 Å². The van der Waals surface area contributed by atoms with Gasteiger partial charge in [-0.05, 0) is 46.5 Å². The number of piperazine rings is 1. The highest BCUT2D eigenvalue weighted by molar-refractivity contribution is 5.93. The zero-order chi connectivity index (χ0) is 27.7. The van der Waals surface area contributed by atoms with E-state index in [1.165, 1.54) is 17.1 Å². The van der Waals surface area contributed by atoms with Gasteiger partial charge in [0.1, 0.15) is 22.7 Å². The van der Waals surface area contributed by atoms with Crippen molar-refractivity contribution in [2.45, 2.75) is 70.3 Å². The second kappa shape index (κ2) is 10.9. The van der Waals surface area contributed by atoms with Gasteiger partial charge in [-0.2, -0.15) is 13.2 Å². The van der Waals surface area contributed by atoms with Crippen LogP contribution in [0.5, 0.6) is 0 Å². The van der Waals surface area contributed by atoms with E-state index in [0.717, 1.165) is 25.9 Å². The molecular formula is C25H34F3N7O3. The third kappa shape index (κ3) is 6.80. The third-order valence-electron chi connectivity index (χ3n) is 6.81. The van der Waals surface area contributed by atoms with Crippen LogP contribution >= 0.6 is 0 Å². The van der Waals surface area contributed by atoms with Crippen LogP contribution in [0.3, 0.4) is 0 Å². The van der Waals surface area contributed by atoms with E-state index in [1.54, 1.807) is 11.9 Å². The molecule has 2 aromatic rings. The van der Waals surface area contributed by atoms with Crippen LogP contribution in [0.25, 0.3) is 11.5 Å². The Kier molecular flexibility index (Phi) is 7.96. The first kappa shape index (κ1) is 27.8. The summed E-state index contributed by atoms with van der Waals surface area (Å²) < 4.78 is 47.4. The highest BCUT2D eigenvalue weighted by Crippen LogP contribution is 2.30. The lowest BCUT2D eigenvalue weighted by Crippen LogP contribution is -2.54. The average molecular weight is 538 g/mol. The second-order valence-corrected chi connectivity index (χ2v) is 10.8. The van der Waals surface area contributed by atoms with E-state index in [2.05, 4.69) is 25.2 Å². The Bertz CT molecular complexity index is 1150. The number of alkyl halides is 3. The van der Waals surface area contributed by atoms with Crippen molar-refractivity contribution in [2.24, 2.45) is 7.05 Å². The Morgan fingerprint density at radius 2 is 1.68 bits per heavy atom. The number of nitrogens with zero attached hydrogens (tertiary/aromatic N) is 6. The van der Waals surface area contributed by atoms with E-state index < -0.39 is 23.4 Å². The number of hydrogen-bond donors (Lipinski definition) is 1. The Labute approximate surface area is 219 Å². The summed E-state index contributed by atoms with van der Waals surface area (Å²) in [5.74, 6) is -0.866. The second-order valence-electron chi connectivity index (χ2n) is 10.8. The number of carbonyl (C=O) groups is 2. The molecule has 4 rings (SSSR count). The molecule has 1 aliphatic carbocycles. The van der Waals surface area contributed by atoms with Gasteiger partial charge in [0.25, 0.3) is 5.91 Å². The fourth-order valence-electron chi connectivity index (χ4n) is 4.84. The Morgan fingerprint density at radius 1 is 1.03 bits per heavy atom. The van der Waals surface area contributed by atoms with Gasteiger partial charge in [-0.15, -0.1) is 0 Å². The van der Waals surface area contributed by atoms with Crippen LogP contribution in [0.15, 0.2) is 18.6 Å². The van der Waals surface area contributed by atoms with E-state index in [0.29, 0.717) is 38.0 Å². The molecule has 0 unspecified atom stereocenters. The summed E-state index contributed by atoms with van der Waals surface area (Å²) in [7, 11) is 1.61. The predicted octanol–water partition coefficient (Wildman–Crippen LogP) is 3.49. The summed E-state index contributed by atoms with van der Waals surface area (Å²) in [6.07, 6.45) is 0.846. The number of rotatable bonds is 4. The molecule has 13 heteroatoms. The number of amides is 2. The lowest BCUT2D eigenvalue weighted by molar-refractivity contribution is -0.141. The maximum absolute atomic E-state index is 13.5. The minimum atomic E-state index is -4.73. The number of carbonyl (C=O) groups excluding carboxylic acids is 2. The molecule has 0 spiro atoms. The molecule has 38 heavy (non-hydrogen) atoms. The van der Waals surface area contributed by atoms with Crippen LogP contribution in [0, 0.1) is 0 Å². The highest BCUT2D eigenvalue weighted by atomic mass is 19.4. The van der Waals surface area contributed by atoms with Crippen molar-refractivity contribution in [3.8, 4) is 11.5 Å². The standard InChI is InChI=1S/C25H34F3N7O3/c1-24(2,3)38-23(37)35-11-9-34(10-12-35)17-7-5-16(6-8-17)30-22(36)18-13-20(25(26,27)28)32-21(31-18)19-14-29-15-33(19)4/h13-17H,5-12H2,1-4H3,(H,30,36). The molecule has 3 heterocycles. The fraction of sp³-hybridized carbons (Fsp3) is 0.640. The Hall–Kier alpha value is -3.22. The topological polar surface area (TPSA) is 105 Å². The van der Waals surface area contributed by atoms with Crippen LogP contribution in [-0.4, -0.2) is 85.2 Å². The highest BCUT2D eigenvalue weighted by Gasteiger charge is 2.36. The molecule has 0 atom stereocenters. The van der Waals surface area contributed by atoms with Gasteiger partial charge in [0.05, 0.1) is 12.5 Å². The van der Waals surface area contributed by atoms with Gasteiger partial charge < -0.3 is 19.5 Å². The molecule has 1 saturated carbocycles. The number of imidazole rings is 1. The van der Waals surface area contributed by atoms with Gasteiger partial charge >= 0.3 is 12.3 Å². The van der Waals surface area contributed by atoms with Crippen molar-refractivity contribution in [1.82, 2.24) is 34.6 Å². The van der Waals surface area contributed by atoms with E-state index in [9.17, 15) is 22.8 Å². The lowest BCUT2D eigenvalue weighted by Gasteiger charge is -2.42. The van der Waals surface area contributed by atoms with Crippen molar-refractivity contribution in [3.05, 3.63) is 30.0 Å². The minimum absolute atomic E-state index is 0.161. The summed E-state index contributed by atoms with van der Waals surface area (Å²) >= 11 is 0. The number of hydrogen-bond acceptors (Lipinski definition) is 7. The van der Waals surface area contributed by atoms with Crippen molar-refractivity contribution < 1.29 is 27.5 Å². The summed E-state index contributed by atoms with van der Waals surface area (Å²) in [6, 6.07) is 0.855. The molecule has 1 saturated heterocycles. The van der Waals surface area contributed by atoms with E-state index in [4.69, 9.17) is 4.74 Å². The fourth-order valence-corrected chi connectivity index (χ4v) is 4.84. The maximum atomic E-state index is 13.5. The SMILES string of the molecule is Cn1cncc1-c1nc(C(=O)NC2CCC(N3CCN(C(=O)OC(C)(C)C)CC3)CC2)cc(C(F)(F)F)n1. The van der Waals surface area contributed by atoms with Crippen molar-refractivity contribution in [2.75, 3.05) is 26.2 Å². The molecule has 0 radical (unpaired) electrons. The van der Waals surface area contributed by atoms with Gasteiger partial charge in [-0.3, -0.25) is 9.69 Å². The van der Waals surface area contributed by atoms with E-state index >= 15 is 0 Å². The molecule has 0 aromatic carbocycles. The van der Waals surface area contributed by atoms with Gasteiger partial charge in [-0.25, -0.2) is 19.7 Å². The summed E-state index contributed by atoms with van der Waals surface area (Å²) in [4.78, 5) is 41.0. The first-order valence-corrected chi connectivity index (χ1v) is 12.8. The van der Waals surface area contributed by atoms with Crippen molar-refractivity contribution in [3.63, 3.8) is 0 Å². The van der Waals surface area contributed by atoms with E-state index in [1.807, 2.05) is 20.8 Å². The van der Waals surface area contributed by atoms with Gasteiger partial charge in [-0.1, -0.05) is 0 Å². The number of ether oxygens (including phenoxy) is 1. The van der Waals surface area contributed by atoms with Crippen LogP contribution in [0.1, 0.15) is 62.6 Å². The molecular weight excluding hydrogens is 503 g/mol. The zero-order valence-electron chi connectivity index (χ0n) is 22.1. The molecule has 2 fully saturated rings. The molecule has 2 aliphatic rings. The van der Waals surface area contributed by atoms with Crippen molar-refractivity contribution >= 4 is 12.0 Å². The predicted molar refractivity (Wildman–Crippen MR) is 132 cm³/mol. The van der Waals surface area contributed by atoms with Crippen LogP contribution in [0.4, 0.5) is 18.0 Å². The van der Waals surface area contributed by atoms with Crippen LogP contribution in [-0.2, 0) is 18.0 Å². The first-order chi connectivity index (χ1) is 17.8. The summed E-state index contributed by atoms with van der Waals surface area (Å²) in [5.41, 5.74) is -1.76. The molecule has 208 valence electrons. The van der Waals surface area contributed by atoms with Gasteiger partial charge in [0.2, 0.25) is 0 Å². The average Bonchev–Trinajstić information content (AvgIpc) is 3.28. The number of aryl methyl sites for hydroxylation is 1. The minimum Gasteiger partial charge on any atom is -0.444 e. The lowest BCUT2D eigenvalue weighted by atomic mass is 9.89. The normalized spacial score (nSPS) is 21.3. The summed E-state index contributed by atoms with van der Waals surface area (Å²) in [6.45, 7) is 8.23. The monoisotopic (exact) mass is 537 g/mol. The number of nitrogens with one attached hydrogen (secondary N) is 1. The smallest absolute Gasteiger partial charge is 0.433 e. The number of halogens is 3. The Morgan fingerprint density at radius 3 is 2.24 bits per heavy atom. The third-order valence-corrected chi connectivity index (χ3v) is 6.81. The quantitative estimate of drug-likeness (QED) is 0.637. The van der Waals surface area contributed by atoms with E-state index in [-0.39, 0.29) is 29.3 Å². The molecule has 2 amide bonds.